The quantitative estimate of drug-likeness (QED) is 0.401. The topological polar surface area (TPSA) is 64.6 Å². The molecule has 0 heterocycles. The molecule has 33 heavy (non-hydrogen) atoms. The standard InChI is InChI=1S/C26H31Cl2NO4/c1-4-32-24(30)20-15-19(9-11-23(20)33-16-17(2)3)29-25(31)26(12-6-5-7-13-26)21-10-8-18(27)14-22(21)28/h8-11,14-15,17H,4-7,12-13,16H2,1-3H3,(H,29,31). The molecule has 1 amide bonds. The number of ether oxygens (including phenoxy) is 2. The van der Waals surface area contributed by atoms with Crippen LogP contribution in [0.3, 0.4) is 0 Å². The Balaban J connectivity index is 1.93. The maximum absolute atomic E-state index is 13.7. The van der Waals surface area contributed by atoms with Gasteiger partial charge in [0.15, 0.2) is 0 Å². The highest BCUT2D eigenvalue weighted by molar-refractivity contribution is 6.35. The Morgan fingerprint density at radius 2 is 1.79 bits per heavy atom. The first kappa shape index (κ1) is 25.4. The number of esters is 1. The summed E-state index contributed by atoms with van der Waals surface area (Å²) in [7, 11) is 0. The Morgan fingerprint density at radius 1 is 1.06 bits per heavy atom. The van der Waals surface area contributed by atoms with Crippen molar-refractivity contribution in [3.05, 3.63) is 57.6 Å². The fourth-order valence-corrected chi connectivity index (χ4v) is 4.85. The third kappa shape index (κ3) is 6.01. The SMILES string of the molecule is CCOC(=O)c1cc(NC(=O)C2(c3ccc(Cl)cc3Cl)CCCCC2)ccc1OCC(C)C. The Morgan fingerprint density at radius 3 is 2.42 bits per heavy atom. The van der Waals surface area contributed by atoms with Crippen LogP contribution >= 0.6 is 23.2 Å². The fourth-order valence-electron chi connectivity index (χ4n) is 4.26. The lowest BCUT2D eigenvalue weighted by atomic mass is 9.68. The molecule has 3 rings (SSSR count). The Kier molecular flexibility index (Phi) is 8.66. The summed E-state index contributed by atoms with van der Waals surface area (Å²) >= 11 is 12.6. The van der Waals surface area contributed by atoms with E-state index < -0.39 is 11.4 Å². The number of hydrogen-bond acceptors (Lipinski definition) is 4. The van der Waals surface area contributed by atoms with E-state index in [0.717, 1.165) is 24.8 Å². The molecule has 1 saturated carbocycles. The van der Waals surface area contributed by atoms with E-state index in [1.807, 2.05) is 19.9 Å². The number of amides is 1. The lowest BCUT2D eigenvalue weighted by Gasteiger charge is -2.37. The molecular weight excluding hydrogens is 461 g/mol. The second-order valence-corrected chi connectivity index (χ2v) is 9.70. The lowest BCUT2D eigenvalue weighted by molar-refractivity contribution is -0.122. The van der Waals surface area contributed by atoms with Crippen LogP contribution in [0.1, 0.15) is 68.8 Å². The van der Waals surface area contributed by atoms with E-state index >= 15 is 0 Å². The van der Waals surface area contributed by atoms with Crippen LogP contribution in [-0.4, -0.2) is 25.1 Å². The summed E-state index contributed by atoms with van der Waals surface area (Å²) < 4.78 is 11.0. The first-order valence-corrected chi connectivity index (χ1v) is 12.2. The molecule has 0 radical (unpaired) electrons. The molecule has 1 aliphatic rings. The van der Waals surface area contributed by atoms with Crippen molar-refractivity contribution in [1.82, 2.24) is 0 Å². The fraction of sp³-hybridized carbons (Fsp3) is 0.462. The first-order valence-electron chi connectivity index (χ1n) is 11.5. The first-order chi connectivity index (χ1) is 15.8. The zero-order chi connectivity index (χ0) is 24.0. The zero-order valence-electron chi connectivity index (χ0n) is 19.4. The predicted molar refractivity (Wildman–Crippen MR) is 133 cm³/mol. The average molecular weight is 492 g/mol. The molecule has 2 aromatic carbocycles. The van der Waals surface area contributed by atoms with Crippen molar-refractivity contribution in [3.63, 3.8) is 0 Å². The number of halogens is 2. The molecule has 0 atom stereocenters. The molecule has 2 aromatic rings. The van der Waals surface area contributed by atoms with E-state index in [9.17, 15) is 9.59 Å². The molecular formula is C26H31Cl2NO4. The summed E-state index contributed by atoms with van der Waals surface area (Å²) in [5.74, 6) is 0.112. The van der Waals surface area contributed by atoms with Gasteiger partial charge in [0.25, 0.3) is 0 Å². The van der Waals surface area contributed by atoms with Gasteiger partial charge in [-0.05, 0) is 61.6 Å². The van der Waals surface area contributed by atoms with Crippen molar-refractivity contribution < 1.29 is 19.1 Å². The smallest absolute Gasteiger partial charge is 0.341 e. The summed E-state index contributed by atoms with van der Waals surface area (Å²) in [5.41, 5.74) is 0.831. The number of nitrogens with one attached hydrogen (secondary N) is 1. The summed E-state index contributed by atoms with van der Waals surface area (Å²) in [6.45, 7) is 6.53. The van der Waals surface area contributed by atoms with Crippen LogP contribution in [0, 0.1) is 5.92 Å². The highest BCUT2D eigenvalue weighted by Crippen LogP contribution is 2.44. The zero-order valence-corrected chi connectivity index (χ0v) is 20.9. The molecule has 0 spiro atoms. The summed E-state index contributed by atoms with van der Waals surface area (Å²) in [6, 6.07) is 10.4. The summed E-state index contributed by atoms with van der Waals surface area (Å²) in [4.78, 5) is 26.2. The molecule has 1 fully saturated rings. The summed E-state index contributed by atoms with van der Waals surface area (Å²) in [5, 5.41) is 4.05. The van der Waals surface area contributed by atoms with Crippen molar-refractivity contribution >= 4 is 40.8 Å². The minimum atomic E-state index is -0.753. The Bertz CT molecular complexity index is 1000. The van der Waals surface area contributed by atoms with Gasteiger partial charge in [-0.2, -0.15) is 0 Å². The largest absolute Gasteiger partial charge is 0.492 e. The van der Waals surface area contributed by atoms with Gasteiger partial charge in [-0.3, -0.25) is 4.79 Å². The van der Waals surface area contributed by atoms with E-state index in [1.165, 1.54) is 0 Å². The molecule has 1 N–H and O–H groups in total. The highest BCUT2D eigenvalue weighted by atomic mass is 35.5. The van der Waals surface area contributed by atoms with Gasteiger partial charge < -0.3 is 14.8 Å². The van der Waals surface area contributed by atoms with Crippen LogP contribution in [0.25, 0.3) is 0 Å². The molecule has 1 aliphatic carbocycles. The number of benzene rings is 2. The van der Waals surface area contributed by atoms with Crippen molar-refractivity contribution in [2.75, 3.05) is 18.5 Å². The molecule has 0 aliphatic heterocycles. The predicted octanol–water partition coefficient (Wildman–Crippen LogP) is 7.05. The van der Waals surface area contributed by atoms with E-state index in [-0.39, 0.29) is 18.1 Å². The van der Waals surface area contributed by atoms with Gasteiger partial charge in [-0.15, -0.1) is 0 Å². The van der Waals surface area contributed by atoms with Crippen LogP contribution in [0.5, 0.6) is 5.75 Å². The minimum absolute atomic E-state index is 0.142. The van der Waals surface area contributed by atoms with Gasteiger partial charge in [-0.25, -0.2) is 4.79 Å². The molecule has 0 unspecified atom stereocenters. The molecule has 7 heteroatoms. The van der Waals surface area contributed by atoms with Crippen molar-refractivity contribution in [1.29, 1.82) is 0 Å². The number of carbonyl (C=O) groups is 2. The van der Waals surface area contributed by atoms with Crippen molar-refractivity contribution in [2.24, 2.45) is 5.92 Å². The van der Waals surface area contributed by atoms with Crippen LogP contribution < -0.4 is 10.1 Å². The Hall–Kier alpha value is -2.24. The third-order valence-corrected chi connectivity index (χ3v) is 6.44. The van der Waals surface area contributed by atoms with Gasteiger partial charge in [-0.1, -0.05) is 62.4 Å². The van der Waals surface area contributed by atoms with E-state index in [1.54, 1.807) is 37.3 Å². The van der Waals surface area contributed by atoms with Crippen molar-refractivity contribution in [3.8, 4) is 5.75 Å². The molecule has 178 valence electrons. The van der Waals surface area contributed by atoms with Crippen LogP contribution in [0.4, 0.5) is 5.69 Å². The monoisotopic (exact) mass is 491 g/mol. The summed E-state index contributed by atoms with van der Waals surface area (Å²) in [6.07, 6.45) is 4.33. The van der Waals surface area contributed by atoms with Gasteiger partial charge in [0.2, 0.25) is 5.91 Å². The van der Waals surface area contributed by atoms with Gasteiger partial charge in [0.05, 0.1) is 18.6 Å². The third-order valence-electron chi connectivity index (χ3n) is 5.89. The Labute approximate surface area is 205 Å². The average Bonchev–Trinajstić information content (AvgIpc) is 2.78. The van der Waals surface area contributed by atoms with Gasteiger partial charge >= 0.3 is 5.97 Å². The molecule has 0 aromatic heterocycles. The molecule has 5 nitrogen and oxygen atoms in total. The molecule has 0 bridgehead atoms. The van der Waals surface area contributed by atoms with Gasteiger partial charge in [0.1, 0.15) is 11.3 Å². The maximum Gasteiger partial charge on any atom is 0.341 e. The maximum atomic E-state index is 13.7. The van der Waals surface area contributed by atoms with E-state index in [4.69, 9.17) is 32.7 Å². The number of hydrogen-bond donors (Lipinski definition) is 1. The lowest BCUT2D eigenvalue weighted by Crippen LogP contribution is -2.42. The minimum Gasteiger partial charge on any atom is -0.492 e. The molecule has 0 saturated heterocycles. The van der Waals surface area contributed by atoms with Crippen molar-refractivity contribution in [2.45, 2.75) is 58.3 Å². The normalized spacial score (nSPS) is 15.2. The highest BCUT2D eigenvalue weighted by Gasteiger charge is 2.42. The van der Waals surface area contributed by atoms with Crippen LogP contribution in [-0.2, 0) is 14.9 Å². The van der Waals surface area contributed by atoms with E-state index in [2.05, 4.69) is 5.32 Å². The number of carbonyl (C=O) groups excluding carboxylic acids is 2. The van der Waals surface area contributed by atoms with Crippen LogP contribution in [0.15, 0.2) is 36.4 Å². The number of rotatable bonds is 8. The second-order valence-electron chi connectivity index (χ2n) is 8.86. The second kappa shape index (κ2) is 11.3. The number of anilines is 1. The van der Waals surface area contributed by atoms with Gasteiger partial charge in [0, 0.05) is 15.7 Å². The van der Waals surface area contributed by atoms with Crippen LogP contribution in [0.2, 0.25) is 10.0 Å². The van der Waals surface area contributed by atoms with E-state index in [0.29, 0.717) is 46.8 Å².